The number of hydrogen-bond donors (Lipinski definition) is 3. The van der Waals surface area contributed by atoms with Gasteiger partial charge in [0.05, 0.1) is 5.92 Å². The molecule has 1 aliphatic rings. The van der Waals surface area contributed by atoms with Crippen LogP contribution in [0.4, 0.5) is 4.79 Å². The summed E-state index contributed by atoms with van der Waals surface area (Å²) in [6.45, 7) is 5.30. The number of nitrogens with one attached hydrogen (secondary N) is 2. The Morgan fingerprint density at radius 1 is 1.35 bits per heavy atom. The first kappa shape index (κ1) is 16.8. The topological polar surface area (TPSA) is 87.7 Å². The standard InChI is InChI=1S/C14H26N2O4/c1-14(2,7-8-20-3)9-15-13(19)16-11-6-4-5-10(11)12(17)18/h10-11H,4-9H2,1-3H3,(H,17,18)(H2,15,16,19). The Balaban J connectivity index is 2.34. The molecule has 116 valence electrons. The summed E-state index contributed by atoms with van der Waals surface area (Å²) in [5.74, 6) is -1.28. The molecular weight excluding hydrogens is 260 g/mol. The Hall–Kier alpha value is -1.30. The molecular formula is C14H26N2O4. The van der Waals surface area contributed by atoms with Gasteiger partial charge in [0.25, 0.3) is 0 Å². The first-order valence-electron chi connectivity index (χ1n) is 7.12. The van der Waals surface area contributed by atoms with Gasteiger partial charge in [0.2, 0.25) is 0 Å². The van der Waals surface area contributed by atoms with E-state index in [4.69, 9.17) is 9.84 Å². The first-order chi connectivity index (χ1) is 9.35. The van der Waals surface area contributed by atoms with Crippen LogP contribution in [0.1, 0.15) is 39.5 Å². The van der Waals surface area contributed by atoms with Crippen LogP contribution in [0.5, 0.6) is 0 Å². The number of carboxylic acids is 1. The molecule has 2 unspecified atom stereocenters. The number of urea groups is 1. The van der Waals surface area contributed by atoms with Crippen molar-refractivity contribution in [1.29, 1.82) is 0 Å². The Morgan fingerprint density at radius 2 is 2.05 bits per heavy atom. The van der Waals surface area contributed by atoms with Crippen molar-refractivity contribution in [2.24, 2.45) is 11.3 Å². The normalized spacial score (nSPS) is 22.6. The van der Waals surface area contributed by atoms with Crippen molar-refractivity contribution < 1.29 is 19.4 Å². The monoisotopic (exact) mass is 286 g/mol. The number of carbonyl (C=O) groups is 2. The highest BCUT2D eigenvalue weighted by Gasteiger charge is 2.34. The van der Waals surface area contributed by atoms with Crippen LogP contribution in [0.25, 0.3) is 0 Å². The van der Waals surface area contributed by atoms with Gasteiger partial charge in [0.15, 0.2) is 0 Å². The second kappa shape index (κ2) is 7.47. The van der Waals surface area contributed by atoms with E-state index in [9.17, 15) is 9.59 Å². The van der Waals surface area contributed by atoms with Gasteiger partial charge >= 0.3 is 12.0 Å². The van der Waals surface area contributed by atoms with E-state index in [-0.39, 0.29) is 17.5 Å². The van der Waals surface area contributed by atoms with Gasteiger partial charge in [-0.2, -0.15) is 0 Å². The van der Waals surface area contributed by atoms with Gasteiger partial charge < -0.3 is 20.5 Å². The maximum absolute atomic E-state index is 11.8. The second-order valence-corrected chi connectivity index (χ2v) is 6.22. The Kier molecular flexibility index (Phi) is 6.26. The highest BCUT2D eigenvalue weighted by Crippen LogP contribution is 2.25. The molecule has 3 N–H and O–H groups in total. The molecule has 6 nitrogen and oxygen atoms in total. The quantitative estimate of drug-likeness (QED) is 0.663. The molecule has 1 saturated carbocycles. The summed E-state index contributed by atoms with van der Waals surface area (Å²) < 4.78 is 5.04. The van der Waals surface area contributed by atoms with E-state index >= 15 is 0 Å². The number of carbonyl (C=O) groups excluding carboxylic acids is 1. The van der Waals surface area contributed by atoms with Gasteiger partial charge in [-0.05, 0) is 24.7 Å². The van der Waals surface area contributed by atoms with Crippen LogP contribution < -0.4 is 10.6 Å². The largest absolute Gasteiger partial charge is 0.481 e. The second-order valence-electron chi connectivity index (χ2n) is 6.22. The molecule has 1 aliphatic carbocycles. The number of carboxylic acid groups (broad SMARTS) is 1. The lowest BCUT2D eigenvalue weighted by atomic mass is 9.90. The van der Waals surface area contributed by atoms with E-state index < -0.39 is 11.9 Å². The Labute approximate surface area is 120 Å². The van der Waals surface area contributed by atoms with Gasteiger partial charge in [-0.3, -0.25) is 4.79 Å². The zero-order chi connectivity index (χ0) is 15.2. The average Bonchev–Trinajstić information content (AvgIpc) is 2.82. The van der Waals surface area contributed by atoms with Crippen LogP contribution in [0.15, 0.2) is 0 Å². The van der Waals surface area contributed by atoms with Crippen LogP contribution in [-0.2, 0) is 9.53 Å². The fourth-order valence-electron chi connectivity index (χ4n) is 2.43. The van der Waals surface area contributed by atoms with Gasteiger partial charge in [-0.15, -0.1) is 0 Å². The van der Waals surface area contributed by atoms with E-state index in [0.29, 0.717) is 19.6 Å². The molecule has 0 radical (unpaired) electrons. The van der Waals surface area contributed by atoms with Crippen LogP contribution >= 0.6 is 0 Å². The van der Waals surface area contributed by atoms with Crippen molar-refractivity contribution in [3.8, 4) is 0 Å². The lowest BCUT2D eigenvalue weighted by Gasteiger charge is -2.25. The summed E-state index contributed by atoms with van der Waals surface area (Å²) in [5, 5.41) is 14.7. The Morgan fingerprint density at radius 3 is 2.65 bits per heavy atom. The first-order valence-corrected chi connectivity index (χ1v) is 7.12. The molecule has 0 aromatic rings. The molecule has 0 aromatic carbocycles. The van der Waals surface area contributed by atoms with Crippen molar-refractivity contribution in [3.05, 3.63) is 0 Å². The Bertz CT molecular complexity index is 344. The molecule has 0 bridgehead atoms. The molecule has 0 aromatic heterocycles. The third-order valence-corrected chi connectivity index (χ3v) is 3.86. The van der Waals surface area contributed by atoms with Crippen molar-refractivity contribution >= 4 is 12.0 Å². The SMILES string of the molecule is COCCC(C)(C)CNC(=O)NC1CCCC1C(=O)O. The zero-order valence-corrected chi connectivity index (χ0v) is 12.6. The molecule has 0 heterocycles. The lowest BCUT2D eigenvalue weighted by Crippen LogP contribution is -2.47. The molecule has 0 spiro atoms. The summed E-state index contributed by atoms with van der Waals surface area (Å²) >= 11 is 0. The summed E-state index contributed by atoms with van der Waals surface area (Å²) in [6, 6.07) is -0.539. The molecule has 2 atom stereocenters. The minimum atomic E-state index is -0.826. The third kappa shape index (κ3) is 5.36. The maximum atomic E-state index is 11.8. The van der Waals surface area contributed by atoms with Crippen molar-refractivity contribution in [1.82, 2.24) is 10.6 Å². The lowest BCUT2D eigenvalue weighted by molar-refractivity contribution is -0.142. The fraction of sp³-hybridized carbons (Fsp3) is 0.857. The minimum Gasteiger partial charge on any atom is -0.481 e. The van der Waals surface area contributed by atoms with E-state index in [1.165, 1.54) is 0 Å². The molecule has 0 saturated heterocycles. The summed E-state index contributed by atoms with van der Waals surface area (Å²) in [7, 11) is 1.66. The molecule has 0 aliphatic heterocycles. The number of ether oxygens (including phenoxy) is 1. The summed E-state index contributed by atoms with van der Waals surface area (Å²) in [6.07, 6.45) is 3.07. The molecule has 20 heavy (non-hydrogen) atoms. The van der Waals surface area contributed by atoms with E-state index in [1.54, 1.807) is 7.11 Å². The molecule has 1 fully saturated rings. The highest BCUT2D eigenvalue weighted by atomic mass is 16.5. The third-order valence-electron chi connectivity index (χ3n) is 3.86. The number of aliphatic carboxylic acids is 1. The van der Waals surface area contributed by atoms with Gasteiger partial charge in [-0.1, -0.05) is 20.3 Å². The van der Waals surface area contributed by atoms with E-state index in [2.05, 4.69) is 24.5 Å². The van der Waals surface area contributed by atoms with Crippen molar-refractivity contribution in [2.75, 3.05) is 20.3 Å². The van der Waals surface area contributed by atoms with Gasteiger partial charge in [0.1, 0.15) is 0 Å². The number of methoxy groups -OCH3 is 1. The van der Waals surface area contributed by atoms with Crippen LogP contribution in [0.3, 0.4) is 0 Å². The summed E-state index contributed by atoms with van der Waals surface area (Å²) in [5.41, 5.74) is -0.0464. The smallest absolute Gasteiger partial charge is 0.315 e. The van der Waals surface area contributed by atoms with E-state index in [0.717, 1.165) is 19.3 Å². The number of amides is 2. The predicted molar refractivity (Wildman–Crippen MR) is 75.6 cm³/mol. The minimum absolute atomic E-state index is 0.0464. The van der Waals surface area contributed by atoms with Crippen LogP contribution in [-0.4, -0.2) is 43.4 Å². The molecule has 1 rings (SSSR count). The molecule has 6 heteroatoms. The van der Waals surface area contributed by atoms with Crippen LogP contribution in [0, 0.1) is 11.3 Å². The van der Waals surface area contributed by atoms with Crippen LogP contribution in [0.2, 0.25) is 0 Å². The van der Waals surface area contributed by atoms with E-state index in [1.807, 2.05) is 0 Å². The number of hydrogen-bond acceptors (Lipinski definition) is 3. The highest BCUT2D eigenvalue weighted by molar-refractivity contribution is 5.77. The zero-order valence-electron chi connectivity index (χ0n) is 12.6. The van der Waals surface area contributed by atoms with Gasteiger partial charge in [-0.25, -0.2) is 4.79 Å². The summed E-state index contributed by atoms with van der Waals surface area (Å²) in [4.78, 5) is 22.9. The average molecular weight is 286 g/mol. The van der Waals surface area contributed by atoms with Gasteiger partial charge in [0, 0.05) is 26.3 Å². The predicted octanol–water partition coefficient (Wildman–Crippen LogP) is 1.60. The van der Waals surface area contributed by atoms with Crippen molar-refractivity contribution in [2.45, 2.75) is 45.6 Å². The fourth-order valence-corrected chi connectivity index (χ4v) is 2.43. The molecule has 2 amide bonds. The van der Waals surface area contributed by atoms with Crippen molar-refractivity contribution in [3.63, 3.8) is 0 Å². The maximum Gasteiger partial charge on any atom is 0.315 e. The number of rotatable bonds is 7.